The molecule has 0 amide bonds. The van der Waals surface area contributed by atoms with E-state index in [9.17, 15) is 9.90 Å². The molecule has 1 saturated heterocycles. The van der Waals surface area contributed by atoms with Crippen molar-refractivity contribution in [2.24, 2.45) is 0 Å². The lowest BCUT2D eigenvalue weighted by Gasteiger charge is -2.32. The summed E-state index contributed by atoms with van der Waals surface area (Å²) in [6, 6.07) is 1.64. The minimum absolute atomic E-state index is 0.468. The van der Waals surface area contributed by atoms with Gasteiger partial charge in [-0.2, -0.15) is 0 Å². The Morgan fingerprint density at radius 3 is 2.79 bits per heavy atom. The van der Waals surface area contributed by atoms with Crippen LogP contribution < -0.4 is 5.32 Å². The molecule has 4 heteroatoms. The molecule has 0 aromatic carbocycles. The molecule has 2 saturated carbocycles. The van der Waals surface area contributed by atoms with E-state index in [0.29, 0.717) is 18.1 Å². The van der Waals surface area contributed by atoms with Gasteiger partial charge in [-0.15, -0.1) is 0 Å². The van der Waals surface area contributed by atoms with Crippen molar-refractivity contribution >= 4 is 5.97 Å². The molecule has 0 bridgehead atoms. The van der Waals surface area contributed by atoms with Gasteiger partial charge in [-0.25, -0.2) is 0 Å². The molecule has 2 aliphatic carbocycles. The normalized spacial score (nSPS) is 39.8. The molecular weight excluding hydrogens is 240 g/mol. The van der Waals surface area contributed by atoms with Crippen molar-refractivity contribution in [1.29, 1.82) is 0 Å². The highest BCUT2D eigenvalue weighted by Gasteiger charge is 2.50. The van der Waals surface area contributed by atoms with Crippen molar-refractivity contribution in [3.05, 3.63) is 0 Å². The molecule has 3 atom stereocenters. The molecule has 4 nitrogen and oxygen atoms in total. The largest absolute Gasteiger partial charge is 0.480 e. The molecule has 19 heavy (non-hydrogen) atoms. The highest BCUT2D eigenvalue weighted by molar-refractivity contribution is 5.79. The number of carboxylic acid groups (broad SMARTS) is 1. The molecule has 3 fully saturated rings. The standard InChI is InChI=1S/C15H26N2O2/c1-2-12-4-3-9-17(12)13-7-8-15(10-13,14(18)19)16-11-5-6-11/h11-13,16H,2-10H2,1H3,(H,18,19). The van der Waals surface area contributed by atoms with Crippen LogP contribution >= 0.6 is 0 Å². The molecule has 108 valence electrons. The summed E-state index contributed by atoms with van der Waals surface area (Å²) in [5, 5.41) is 13.1. The van der Waals surface area contributed by atoms with Crippen LogP contribution in [0.15, 0.2) is 0 Å². The van der Waals surface area contributed by atoms with Gasteiger partial charge in [0.1, 0.15) is 5.54 Å². The first kappa shape index (κ1) is 13.4. The Labute approximate surface area is 115 Å². The summed E-state index contributed by atoms with van der Waals surface area (Å²) >= 11 is 0. The fourth-order valence-electron chi connectivity index (χ4n) is 4.09. The highest BCUT2D eigenvalue weighted by atomic mass is 16.4. The molecule has 1 aliphatic heterocycles. The maximum Gasteiger partial charge on any atom is 0.323 e. The number of aliphatic carboxylic acids is 1. The fourth-order valence-corrected chi connectivity index (χ4v) is 4.09. The maximum atomic E-state index is 11.7. The van der Waals surface area contributed by atoms with Crippen LogP contribution in [0.4, 0.5) is 0 Å². The summed E-state index contributed by atoms with van der Waals surface area (Å²) in [5.74, 6) is -0.630. The van der Waals surface area contributed by atoms with Gasteiger partial charge in [-0.1, -0.05) is 6.92 Å². The molecule has 0 aromatic rings. The Bertz CT molecular complexity index is 356. The van der Waals surface area contributed by atoms with Gasteiger partial charge in [0.15, 0.2) is 0 Å². The average molecular weight is 266 g/mol. The molecule has 2 N–H and O–H groups in total. The number of nitrogens with one attached hydrogen (secondary N) is 1. The average Bonchev–Trinajstić information content (AvgIpc) is 2.93. The van der Waals surface area contributed by atoms with Crippen molar-refractivity contribution in [2.45, 2.75) is 82.0 Å². The molecule has 3 aliphatic rings. The Morgan fingerprint density at radius 2 is 2.16 bits per heavy atom. The van der Waals surface area contributed by atoms with Gasteiger partial charge in [0, 0.05) is 18.1 Å². The molecule has 0 aromatic heterocycles. The van der Waals surface area contributed by atoms with Crippen LogP contribution in [0, 0.1) is 0 Å². The van der Waals surface area contributed by atoms with E-state index in [1.807, 2.05) is 0 Å². The first-order chi connectivity index (χ1) is 9.14. The van der Waals surface area contributed by atoms with E-state index in [1.165, 1.54) is 25.8 Å². The molecule has 3 unspecified atom stereocenters. The van der Waals surface area contributed by atoms with E-state index < -0.39 is 11.5 Å². The third-order valence-corrected chi connectivity index (χ3v) is 5.32. The fraction of sp³-hybridized carbons (Fsp3) is 0.933. The van der Waals surface area contributed by atoms with Crippen molar-refractivity contribution in [2.75, 3.05) is 6.54 Å². The first-order valence-electron chi connectivity index (χ1n) is 7.91. The van der Waals surface area contributed by atoms with Gasteiger partial charge in [-0.05, 0) is 57.9 Å². The van der Waals surface area contributed by atoms with E-state index >= 15 is 0 Å². The van der Waals surface area contributed by atoms with Crippen LogP contribution in [0.3, 0.4) is 0 Å². The van der Waals surface area contributed by atoms with Gasteiger partial charge in [0.05, 0.1) is 0 Å². The zero-order valence-electron chi connectivity index (χ0n) is 11.9. The monoisotopic (exact) mass is 266 g/mol. The quantitative estimate of drug-likeness (QED) is 0.799. The van der Waals surface area contributed by atoms with Crippen LogP contribution in [-0.4, -0.2) is 46.2 Å². The van der Waals surface area contributed by atoms with Crippen LogP contribution in [0.5, 0.6) is 0 Å². The predicted molar refractivity (Wildman–Crippen MR) is 74.2 cm³/mol. The number of hydrogen-bond acceptors (Lipinski definition) is 3. The second-order valence-electron chi connectivity index (χ2n) is 6.64. The van der Waals surface area contributed by atoms with Crippen LogP contribution in [0.1, 0.15) is 58.3 Å². The van der Waals surface area contributed by atoms with Gasteiger partial charge >= 0.3 is 5.97 Å². The number of likely N-dealkylation sites (tertiary alicyclic amines) is 1. The topological polar surface area (TPSA) is 52.6 Å². The lowest BCUT2D eigenvalue weighted by atomic mass is 9.97. The summed E-state index contributed by atoms with van der Waals surface area (Å²) < 4.78 is 0. The van der Waals surface area contributed by atoms with E-state index in [2.05, 4.69) is 17.1 Å². The van der Waals surface area contributed by atoms with Crippen molar-refractivity contribution in [3.63, 3.8) is 0 Å². The zero-order chi connectivity index (χ0) is 13.5. The highest BCUT2D eigenvalue weighted by Crippen LogP contribution is 2.39. The SMILES string of the molecule is CCC1CCCN1C1CCC(NC2CC2)(C(=O)O)C1. The molecule has 0 spiro atoms. The van der Waals surface area contributed by atoms with Crippen LogP contribution in [0.2, 0.25) is 0 Å². The molecular formula is C15H26N2O2. The second kappa shape index (κ2) is 5.06. The number of carbonyl (C=O) groups is 1. The smallest absolute Gasteiger partial charge is 0.323 e. The number of rotatable bonds is 5. The van der Waals surface area contributed by atoms with Crippen molar-refractivity contribution in [1.82, 2.24) is 10.2 Å². The summed E-state index contributed by atoms with van der Waals surface area (Å²) in [7, 11) is 0. The minimum atomic E-state index is -0.632. The van der Waals surface area contributed by atoms with Crippen molar-refractivity contribution < 1.29 is 9.90 Å². The third-order valence-electron chi connectivity index (χ3n) is 5.32. The Kier molecular flexibility index (Phi) is 3.56. The van der Waals surface area contributed by atoms with E-state index in [0.717, 1.165) is 32.1 Å². The Morgan fingerprint density at radius 1 is 1.37 bits per heavy atom. The number of hydrogen-bond donors (Lipinski definition) is 2. The number of carboxylic acids is 1. The third kappa shape index (κ3) is 2.52. The van der Waals surface area contributed by atoms with E-state index in [1.54, 1.807) is 0 Å². The lowest BCUT2D eigenvalue weighted by Crippen LogP contribution is -2.52. The molecule has 1 heterocycles. The molecule has 0 radical (unpaired) electrons. The summed E-state index contributed by atoms with van der Waals surface area (Å²) in [4.78, 5) is 14.3. The first-order valence-corrected chi connectivity index (χ1v) is 7.91. The lowest BCUT2D eigenvalue weighted by molar-refractivity contribution is -0.145. The Hall–Kier alpha value is -0.610. The van der Waals surface area contributed by atoms with Crippen LogP contribution in [0.25, 0.3) is 0 Å². The van der Waals surface area contributed by atoms with Gasteiger partial charge in [0.25, 0.3) is 0 Å². The maximum absolute atomic E-state index is 11.7. The summed E-state index contributed by atoms with van der Waals surface area (Å²) in [5.41, 5.74) is -0.632. The van der Waals surface area contributed by atoms with Crippen molar-refractivity contribution in [3.8, 4) is 0 Å². The number of nitrogens with zero attached hydrogens (tertiary/aromatic N) is 1. The molecule has 3 rings (SSSR count). The van der Waals surface area contributed by atoms with Crippen LogP contribution in [-0.2, 0) is 4.79 Å². The van der Waals surface area contributed by atoms with E-state index in [-0.39, 0.29) is 0 Å². The van der Waals surface area contributed by atoms with Gasteiger partial charge < -0.3 is 5.11 Å². The second-order valence-corrected chi connectivity index (χ2v) is 6.64. The Balaban J connectivity index is 1.68. The summed E-state index contributed by atoms with van der Waals surface area (Å²) in [6.07, 6.45) is 8.73. The zero-order valence-corrected chi connectivity index (χ0v) is 11.9. The summed E-state index contributed by atoms with van der Waals surface area (Å²) in [6.45, 7) is 3.42. The minimum Gasteiger partial charge on any atom is -0.480 e. The predicted octanol–water partition coefficient (Wildman–Crippen LogP) is 1.99. The van der Waals surface area contributed by atoms with E-state index in [4.69, 9.17) is 0 Å². The van der Waals surface area contributed by atoms with Gasteiger partial charge in [-0.3, -0.25) is 15.0 Å². The van der Waals surface area contributed by atoms with Gasteiger partial charge in [0.2, 0.25) is 0 Å².